The SMILES string of the molecule is Cc1ccccc1OC[C@H](O)Cn1c(N2CC[NH2+]CC2)nc2c1c(=O)[nH]c(=O)n2C. The van der Waals surface area contributed by atoms with Crippen LogP contribution in [0, 0.1) is 6.92 Å². The van der Waals surface area contributed by atoms with Gasteiger partial charge in [-0.2, -0.15) is 4.98 Å². The number of fused-ring (bicyclic) bond motifs is 1. The number of para-hydroxylation sites is 1. The van der Waals surface area contributed by atoms with Crippen molar-refractivity contribution in [1.82, 2.24) is 19.1 Å². The predicted octanol–water partition coefficient (Wildman–Crippen LogP) is -1.44. The van der Waals surface area contributed by atoms with Gasteiger partial charge in [0.1, 0.15) is 18.5 Å². The Kier molecular flexibility index (Phi) is 5.60. The van der Waals surface area contributed by atoms with Gasteiger partial charge < -0.3 is 24.6 Å². The molecule has 1 aliphatic rings. The van der Waals surface area contributed by atoms with E-state index in [0.717, 1.165) is 31.7 Å². The molecule has 3 aromatic rings. The molecule has 30 heavy (non-hydrogen) atoms. The van der Waals surface area contributed by atoms with Crippen LogP contribution in [0.3, 0.4) is 0 Å². The zero-order chi connectivity index (χ0) is 21.3. The number of quaternary nitrogens is 1. The Balaban J connectivity index is 1.67. The first-order valence-corrected chi connectivity index (χ1v) is 10.1. The van der Waals surface area contributed by atoms with Crippen LogP contribution in [0.5, 0.6) is 5.75 Å². The molecule has 1 fully saturated rings. The summed E-state index contributed by atoms with van der Waals surface area (Å²) in [6.07, 6.45) is -0.867. The lowest BCUT2D eigenvalue weighted by Gasteiger charge is -2.27. The minimum atomic E-state index is -0.867. The van der Waals surface area contributed by atoms with E-state index in [2.05, 4.69) is 20.2 Å². The molecule has 4 rings (SSSR count). The van der Waals surface area contributed by atoms with Gasteiger partial charge in [-0.15, -0.1) is 0 Å². The summed E-state index contributed by atoms with van der Waals surface area (Å²) >= 11 is 0. The number of aromatic nitrogens is 4. The van der Waals surface area contributed by atoms with Crippen molar-refractivity contribution in [3.63, 3.8) is 0 Å². The fourth-order valence-electron chi connectivity index (χ4n) is 3.76. The highest BCUT2D eigenvalue weighted by Crippen LogP contribution is 2.21. The molecule has 1 saturated heterocycles. The first-order valence-electron chi connectivity index (χ1n) is 10.1. The van der Waals surface area contributed by atoms with Gasteiger partial charge in [-0.05, 0) is 18.6 Å². The van der Waals surface area contributed by atoms with Crippen LogP contribution in [-0.4, -0.2) is 63.1 Å². The van der Waals surface area contributed by atoms with Crippen molar-refractivity contribution >= 4 is 17.1 Å². The van der Waals surface area contributed by atoms with Crippen LogP contribution in [0.15, 0.2) is 33.9 Å². The van der Waals surface area contributed by atoms with E-state index in [1.807, 2.05) is 31.2 Å². The van der Waals surface area contributed by atoms with Crippen molar-refractivity contribution in [2.24, 2.45) is 7.05 Å². The zero-order valence-electron chi connectivity index (χ0n) is 17.2. The van der Waals surface area contributed by atoms with Crippen LogP contribution in [0.1, 0.15) is 5.56 Å². The zero-order valence-corrected chi connectivity index (χ0v) is 17.2. The summed E-state index contributed by atoms with van der Waals surface area (Å²) in [5.74, 6) is 1.29. The number of aliphatic hydroxyl groups excluding tert-OH is 1. The van der Waals surface area contributed by atoms with Gasteiger partial charge >= 0.3 is 5.69 Å². The standard InChI is InChI=1S/C20H26N6O4/c1-13-5-3-4-6-15(13)30-12-14(27)11-26-16-17(24(2)20(29)23-18(16)28)22-19(26)25-9-7-21-8-10-25/h3-6,14,21,27H,7-12H2,1-2H3,(H,23,28,29)/p+1/t14-/m1/s1. The first-order chi connectivity index (χ1) is 14.5. The van der Waals surface area contributed by atoms with Gasteiger partial charge in [-0.25, -0.2) is 4.79 Å². The second-order valence-electron chi connectivity index (χ2n) is 7.60. The molecule has 0 aliphatic carbocycles. The predicted molar refractivity (Wildman–Crippen MR) is 112 cm³/mol. The lowest BCUT2D eigenvalue weighted by atomic mass is 10.2. The normalized spacial score (nSPS) is 15.5. The molecule has 160 valence electrons. The fraction of sp³-hybridized carbons (Fsp3) is 0.450. The van der Waals surface area contributed by atoms with E-state index in [0.29, 0.717) is 17.3 Å². The molecule has 0 amide bonds. The van der Waals surface area contributed by atoms with Gasteiger partial charge in [-0.3, -0.25) is 14.3 Å². The Hall–Kier alpha value is -3.11. The van der Waals surface area contributed by atoms with Gasteiger partial charge in [0.25, 0.3) is 5.56 Å². The molecule has 1 atom stereocenters. The molecule has 4 N–H and O–H groups in total. The van der Waals surface area contributed by atoms with E-state index in [9.17, 15) is 14.7 Å². The number of aromatic amines is 1. The number of piperazine rings is 1. The first kappa shape index (κ1) is 20.2. The van der Waals surface area contributed by atoms with Gasteiger partial charge in [0.15, 0.2) is 11.2 Å². The molecule has 0 unspecified atom stereocenters. The number of hydrogen-bond donors (Lipinski definition) is 3. The Bertz CT molecular complexity index is 1160. The maximum Gasteiger partial charge on any atom is 0.329 e. The summed E-state index contributed by atoms with van der Waals surface area (Å²) < 4.78 is 8.80. The summed E-state index contributed by atoms with van der Waals surface area (Å²) in [4.78, 5) is 33.7. The molecule has 0 radical (unpaired) electrons. The minimum Gasteiger partial charge on any atom is -0.491 e. The number of aliphatic hydroxyl groups is 1. The molecule has 1 aliphatic heterocycles. The highest BCUT2D eigenvalue weighted by atomic mass is 16.5. The molecule has 10 nitrogen and oxygen atoms in total. The summed E-state index contributed by atoms with van der Waals surface area (Å²) in [7, 11) is 1.57. The van der Waals surface area contributed by atoms with Crippen LogP contribution >= 0.6 is 0 Å². The largest absolute Gasteiger partial charge is 0.491 e. The lowest BCUT2D eigenvalue weighted by molar-refractivity contribution is -0.655. The molecule has 0 bridgehead atoms. The fourth-order valence-corrected chi connectivity index (χ4v) is 3.76. The Labute approximate surface area is 172 Å². The molecule has 0 saturated carbocycles. The second-order valence-corrected chi connectivity index (χ2v) is 7.60. The monoisotopic (exact) mass is 415 g/mol. The van der Waals surface area contributed by atoms with Gasteiger partial charge in [0.05, 0.1) is 32.7 Å². The molecule has 10 heteroatoms. The third-order valence-corrected chi connectivity index (χ3v) is 5.39. The number of imidazole rings is 1. The number of H-pyrrole nitrogens is 1. The summed E-state index contributed by atoms with van der Waals surface area (Å²) in [6.45, 7) is 5.50. The van der Waals surface area contributed by atoms with Crippen molar-refractivity contribution in [3.05, 3.63) is 50.7 Å². The van der Waals surface area contributed by atoms with Crippen molar-refractivity contribution in [3.8, 4) is 5.75 Å². The number of aryl methyl sites for hydroxylation is 2. The number of hydrogen-bond acceptors (Lipinski definition) is 6. The highest BCUT2D eigenvalue weighted by molar-refractivity contribution is 5.74. The Morgan fingerprint density at radius 2 is 2.00 bits per heavy atom. The smallest absolute Gasteiger partial charge is 0.329 e. The maximum atomic E-state index is 12.6. The lowest BCUT2D eigenvalue weighted by Crippen LogP contribution is -2.89. The van der Waals surface area contributed by atoms with Gasteiger partial charge in [0.2, 0.25) is 5.95 Å². The van der Waals surface area contributed by atoms with E-state index in [1.165, 1.54) is 4.57 Å². The summed E-state index contributed by atoms with van der Waals surface area (Å²) in [6, 6.07) is 7.60. The molecule has 1 aromatic carbocycles. The Morgan fingerprint density at radius 3 is 2.73 bits per heavy atom. The number of ether oxygens (including phenoxy) is 1. The van der Waals surface area contributed by atoms with Crippen LogP contribution in [0.25, 0.3) is 11.2 Å². The molecule has 3 heterocycles. The molecular formula is C20H27N6O4+. The van der Waals surface area contributed by atoms with Crippen molar-refractivity contribution in [2.75, 3.05) is 37.7 Å². The maximum absolute atomic E-state index is 12.6. The number of nitrogens with two attached hydrogens (primary N) is 1. The third-order valence-electron chi connectivity index (χ3n) is 5.39. The van der Waals surface area contributed by atoms with Crippen LogP contribution in [0.4, 0.5) is 5.95 Å². The number of nitrogens with zero attached hydrogens (tertiary/aromatic N) is 4. The topological polar surface area (TPSA) is 122 Å². The molecular weight excluding hydrogens is 388 g/mol. The summed E-state index contributed by atoms with van der Waals surface area (Å²) in [5.41, 5.74) is 0.535. The average molecular weight is 415 g/mol. The Morgan fingerprint density at radius 1 is 1.27 bits per heavy atom. The number of benzene rings is 1. The van der Waals surface area contributed by atoms with Crippen LogP contribution in [-0.2, 0) is 13.6 Å². The van der Waals surface area contributed by atoms with Gasteiger partial charge in [0, 0.05) is 7.05 Å². The van der Waals surface area contributed by atoms with Gasteiger partial charge in [-0.1, -0.05) is 18.2 Å². The molecule has 0 spiro atoms. The highest BCUT2D eigenvalue weighted by Gasteiger charge is 2.25. The second kappa shape index (κ2) is 8.33. The van der Waals surface area contributed by atoms with E-state index >= 15 is 0 Å². The minimum absolute atomic E-state index is 0.0708. The molecule has 2 aromatic heterocycles. The number of nitrogens with one attached hydrogen (secondary N) is 1. The van der Waals surface area contributed by atoms with Crippen molar-refractivity contribution < 1.29 is 15.2 Å². The quantitative estimate of drug-likeness (QED) is 0.453. The van der Waals surface area contributed by atoms with E-state index < -0.39 is 17.4 Å². The van der Waals surface area contributed by atoms with Crippen LogP contribution < -0.4 is 26.2 Å². The van der Waals surface area contributed by atoms with E-state index in [1.54, 1.807) is 11.6 Å². The number of rotatable bonds is 6. The van der Waals surface area contributed by atoms with Crippen molar-refractivity contribution in [1.29, 1.82) is 0 Å². The van der Waals surface area contributed by atoms with Crippen LogP contribution in [0.2, 0.25) is 0 Å². The third kappa shape index (κ3) is 3.83. The average Bonchev–Trinajstić information content (AvgIpc) is 3.12. The van der Waals surface area contributed by atoms with Crippen molar-refractivity contribution in [2.45, 2.75) is 19.6 Å². The van der Waals surface area contributed by atoms with E-state index in [-0.39, 0.29) is 18.7 Å². The van der Waals surface area contributed by atoms with E-state index in [4.69, 9.17) is 4.74 Å². The number of anilines is 1. The summed E-state index contributed by atoms with van der Waals surface area (Å²) in [5, 5.41) is 12.9.